The van der Waals surface area contributed by atoms with Crippen molar-refractivity contribution in [3.8, 4) is 0 Å². The molecule has 1 aliphatic rings. The fourth-order valence-corrected chi connectivity index (χ4v) is 1.28. The van der Waals surface area contributed by atoms with Crippen molar-refractivity contribution in [3.05, 3.63) is 12.3 Å². The van der Waals surface area contributed by atoms with Crippen LogP contribution < -0.4 is 0 Å². The van der Waals surface area contributed by atoms with E-state index in [1.165, 1.54) is 11.8 Å². The average molecular weight is 167 g/mol. The van der Waals surface area contributed by atoms with Gasteiger partial charge in [0, 0.05) is 19.9 Å². The third kappa shape index (κ3) is 1.72. The van der Waals surface area contributed by atoms with E-state index in [0.29, 0.717) is 18.7 Å². The molecular formula is C9H13NO2. The van der Waals surface area contributed by atoms with Crippen LogP contribution in [0.15, 0.2) is 12.3 Å². The highest BCUT2D eigenvalue weighted by Crippen LogP contribution is 2.15. The first-order valence-electron chi connectivity index (χ1n) is 4.13. The summed E-state index contributed by atoms with van der Waals surface area (Å²) in [7, 11) is 0. The minimum Gasteiger partial charge on any atom is -0.310 e. The molecular weight excluding hydrogens is 154 g/mol. The van der Waals surface area contributed by atoms with Crippen molar-refractivity contribution >= 4 is 11.7 Å². The topological polar surface area (TPSA) is 37.4 Å². The number of allylic oxidation sites excluding steroid dienone is 1. The molecule has 0 radical (unpaired) electrons. The smallest absolute Gasteiger partial charge is 0.227 e. The van der Waals surface area contributed by atoms with E-state index < -0.39 is 0 Å². The van der Waals surface area contributed by atoms with Gasteiger partial charge in [0.25, 0.3) is 0 Å². The molecule has 12 heavy (non-hydrogen) atoms. The second kappa shape index (κ2) is 3.52. The van der Waals surface area contributed by atoms with Crippen LogP contribution in [0.1, 0.15) is 26.2 Å². The first kappa shape index (κ1) is 8.97. The second-order valence-electron chi connectivity index (χ2n) is 3.01. The Morgan fingerprint density at radius 2 is 2.17 bits per heavy atom. The van der Waals surface area contributed by atoms with Gasteiger partial charge < -0.3 is 4.90 Å². The monoisotopic (exact) mass is 167 g/mol. The summed E-state index contributed by atoms with van der Waals surface area (Å²) in [6, 6.07) is 0. The molecule has 1 aliphatic heterocycles. The summed E-state index contributed by atoms with van der Waals surface area (Å²) >= 11 is 0. The molecule has 1 heterocycles. The molecule has 1 rings (SSSR count). The first-order chi connectivity index (χ1) is 5.63. The molecule has 0 atom stereocenters. The van der Waals surface area contributed by atoms with E-state index in [0.717, 1.165) is 12.8 Å². The van der Waals surface area contributed by atoms with Crippen LogP contribution in [0.2, 0.25) is 0 Å². The molecule has 0 spiro atoms. The largest absolute Gasteiger partial charge is 0.310 e. The molecule has 0 bridgehead atoms. The highest BCUT2D eigenvalue weighted by atomic mass is 16.2. The minimum atomic E-state index is -0.120. The van der Waals surface area contributed by atoms with E-state index in [4.69, 9.17) is 0 Å². The molecule has 3 nitrogen and oxygen atoms in total. The van der Waals surface area contributed by atoms with E-state index in [1.807, 2.05) is 0 Å². The Morgan fingerprint density at radius 3 is 2.67 bits per heavy atom. The lowest BCUT2D eigenvalue weighted by molar-refractivity contribution is -0.133. The van der Waals surface area contributed by atoms with Crippen molar-refractivity contribution in [1.29, 1.82) is 0 Å². The third-order valence-electron chi connectivity index (χ3n) is 2.06. The average Bonchev–Trinajstić information content (AvgIpc) is 2.04. The molecule has 1 saturated heterocycles. The van der Waals surface area contributed by atoms with Crippen LogP contribution in [0, 0.1) is 0 Å². The second-order valence-corrected chi connectivity index (χ2v) is 3.01. The Balaban J connectivity index is 2.66. The number of nitrogens with zero attached hydrogens (tertiary/aromatic N) is 1. The molecule has 1 amide bonds. The molecule has 0 aromatic rings. The van der Waals surface area contributed by atoms with Gasteiger partial charge in [-0.25, -0.2) is 0 Å². The van der Waals surface area contributed by atoms with Gasteiger partial charge >= 0.3 is 0 Å². The van der Waals surface area contributed by atoms with Crippen LogP contribution >= 0.6 is 0 Å². The quantitative estimate of drug-likeness (QED) is 0.577. The molecule has 0 aliphatic carbocycles. The molecule has 0 unspecified atom stereocenters. The number of amides is 1. The Labute approximate surface area is 72.0 Å². The number of hydrogen-bond donors (Lipinski definition) is 0. The maximum atomic E-state index is 11.3. The molecule has 0 aromatic heterocycles. The number of piperidine rings is 1. The number of ketones is 1. The van der Waals surface area contributed by atoms with Gasteiger partial charge in [-0.15, -0.1) is 0 Å². The van der Waals surface area contributed by atoms with Gasteiger partial charge in [0.05, 0.1) is 5.70 Å². The zero-order valence-corrected chi connectivity index (χ0v) is 7.30. The van der Waals surface area contributed by atoms with Crippen molar-refractivity contribution < 1.29 is 9.59 Å². The molecule has 1 fully saturated rings. The van der Waals surface area contributed by atoms with Gasteiger partial charge in [-0.2, -0.15) is 0 Å². The Morgan fingerprint density at radius 1 is 1.50 bits per heavy atom. The summed E-state index contributed by atoms with van der Waals surface area (Å²) in [4.78, 5) is 23.6. The minimum absolute atomic E-state index is 0.0291. The van der Waals surface area contributed by atoms with Gasteiger partial charge in [-0.05, 0) is 12.8 Å². The van der Waals surface area contributed by atoms with Gasteiger partial charge in [-0.1, -0.05) is 6.58 Å². The normalized spacial score (nSPS) is 17.8. The number of hydrogen-bond acceptors (Lipinski definition) is 2. The molecule has 0 saturated carbocycles. The summed E-state index contributed by atoms with van der Waals surface area (Å²) in [6.45, 7) is 5.67. The van der Waals surface area contributed by atoms with Crippen molar-refractivity contribution in [3.63, 3.8) is 0 Å². The van der Waals surface area contributed by atoms with Crippen LogP contribution in [-0.2, 0) is 9.59 Å². The Hall–Kier alpha value is -1.12. The zero-order chi connectivity index (χ0) is 9.14. The lowest BCUT2D eigenvalue weighted by Gasteiger charge is -2.26. The summed E-state index contributed by atoms with van der Waals surface area (Å²) in [5, 5.41) is 0. The maximum Gasteiger partial charge on any atom is 0.227 e. The Kier molecular flexibility index (Phi) is 2.63. The summed E-state index contributed by atoms with van der Waals surface area (Å²) in [5.41, 5.74) is 0.333. The molecule has 0 aromatic carbocycles. The van der Waals surface area contributed by atoms with E-state index in [1.54, 1.807) is 0 Å². The first-order valence-corrected chi connectivity index (χ1v) is 4.13. The number of rotatable bonds is 2. The lowest BCUT2D eigenvalue weighted by Crippen LogP contribution is -2.36. The lowest BCUT2D eigenvalue weighted by atomic mass is 10.1. The predicted molar refractivity (Wildman–Crippen MR) is 45.4 cm³/mol. The third-order valence-corrected chi connectivity index (χ3v) is 2.06. The van der Waals surface area contributed by atoms with E-state index in [9.17, 15) is 9.59 Å². The standard InChI is InChI=1S/C9H13NO2/c1-7(8(2)11)10-6-4-3-5-9(10)12/h1,3-6H2,2H3. The van der Waals surface area contributed by atoms with Crippen LogP contribution in [0.5, 0.6) is 0 Å². The summed E-state index contributed by atoms with van der Waals surface area (Å²) in [5.74, 6) is -0.0910. The van der Waals surface area contributed by atoms with Gasteiger partial charge in [0.1, 0.15) is 0 Å². The molecule has 0 N–H and O–H groups in total. The fourth-order valence-electron chi connectivity index (χ4n) is 1.28. The van der Waals surface area contributed by atoms with Crippen LogP contribution in [0.4, 0.5) is 0 Å². The van der Waals surface area contributed by atoms with Crippen molar-refractivity contribution in [2.75, 3.05) is 6.54 Å². The van der Waals surface area contributed by atoms with Gasteiger partial charge in [-0.3, -0.25) is 9.59 Å². The van der Waals surface area contributed by atoms with Crippen molar-refractivity contribution in [2.45, 2.75) is 26.2 Å². The maximum absolute atomic E-state index is 11.3. The Bertz CT molecular complexity index is 233. The number of likely N-dealkylation sites (tertiary alicyclic amines) is 1. The number of Topliss-reactive ketones (excluding diaryl/α,β-unsaturated/α-hetero) is 1. The predicted octanol–water partition coefficient (Wildman–Crippen LogP) is 1.10. The molecule has 3 heteroatoms. The van der Waals surface area contributed by atoms with Crippen LogP contribution in [0.3, 0.4) is 0 Å². The van der Waals surface area contributed by atoms with Gasteiger partial charge in [0.15, 0.2) is 5.78 Å². The number of carbonyl (C=O) groups is 2. The van der Waals surface area contributed by atoms with Crippen molar-refractivity contribution in [1.82, 2.24) is 4.90 Å². The highest BCUT2D eigenvalue weighted by Gasteiger charge is 2.21. The van der Waals surface area contributed by atoms with Crippen LogP contribution in [0.25, 0.3) is 0 Å². The summed E-state index contributed by atoms with van der Waals surface area (Å²) in [6.07, 6.45) is 2.45. The van der Waals surface area contributed by atoms with Crippen molar-refractivity contribution in [2.24, 2.45) is 0 Å². The SMILES string of the molecule is C=C(C(C)=O)N1CCCCC1=O. The molecule has 66 valence electrons. The highest BCUT2D eigenvalue weighted by molar-refractivity contribution is 5.96. The van der Waals surface area contributed by atoms with Gasteiger partial charge in [0.2, 0.25) is 5.91 Å². The van der Waals surface area contributed by atoms with E-state index in [2.05, 4.69) is 6.58 Å². The fraction of sp³-hybridized carbons (Fsp3) is 0.556. The number of carbonyl (C=O) groups excluding carboxylic acids is 2. The zero-order valence-electron chi connectivity index (χ0n) is 7.30. The summed E-state index contributed by atoms with van der Waals surface area (Å²) < 4.78 is 0. The van der Waals surface area contributed by atoms with Crippen LogP contribution in [-0.4, -0.2) is 23.1 Å². The van der Waals surface area contributed by atoms with E-state index >= 15 is 0 Å². The van der Waals surface area contributed by atoms with E-state index in [-0.39, 0.29) is 11.7 Å².